The van der Waals surface area contributed by atoms with Crippen molar-refractivity contribution in [1.29, 1.82) is 0 Å². The van der Waals surface area contributed by atoms with Gasteiger partial charge in [-0.2, -0.15) is 0 Å². The van der Waals surface area contributed by atoms with Gasteiger partial charge in [0.25, 0.3) is 0 Å². The summed E-state index contributed by atoms with van der Waals surface area (Å²) in [6, 6.07) is 4.05. The lowest BCUT2D eigenvalue weighted by Gasteiger charge is -2.42. The highest BCUT2D eigenvalue weighted by Crippen LogP contribution is 2.45. The predicted octanol–water partition coefficient (Wildman–Crippen LogP) is 1.56. The van der Waals surface area contributed by atoms with Gasteiger partial charge in [-0.3, -0.25) is 0 Å². The van der Waals surface area contributed by atoms with Crippen LogP contribution in [0, 0.1) is 0 Å². The van der Waals surface area contributed by atoms with Gasteiger partial charge in [-0.25, -0.2) is 4.98 Å². The van der Waals surface area contributed by atoms with Crippen molar-refractivity contribution in [2.75, 3.05) is 25.6 Å². The first kappa shape index (κ1) is 10.4. The van der Waals surface area contributed by atoms with E-state index in [1.807, 2.05) is 31.3 Å². The minimum absolute atomic E-state index is 0.0200. The molecule has 0 radical (unpaired) electrons. The fourth-order valence-electron chi connectivity index (χ4n) is 2.28. The molecular formula is C12H18N2O. The Kier molecular flexibility index (Phi) is 2.65. The molecule has 15 heavy (non-hydrogen) atoms. The maximum absolute atomic E-state index is 9.55. The molecule has 0 spiro atoms. The summed E-state index contributed by atoms with van der Waals surface area (Å²) in [4.78, 5) is 6.41. The number of nitrogens with zero attached hydrogens (tertiary/aromatic N) is 2. The van der Waals surface area contributed by atoms with Crippen LogP contribution < -0.4 is 4.90 Å². The largest absolute Gasteiger partial charge is 0.395 e. The molecule has 1 saturated carbocycles. The van der Waals surface area contributed by atoms with Crippen LogP contribution in [-0.4, -0.2) is 30.8 Å². The van der Waals surface area contributed by atoms with E-state index in [1.54, 1.807) is 0 Å². The van der Waals surface area contributed by atoms with E-state index in [1.165, 1.54) is 12.0 Å². The molecule has 0 aromatic carbocycles. The molecule has 1 aliphatic carbocycles. The Bertz CT molecular complexity index is 340. The zero-order valence-electron chi connectivity index (χ0n) is 9.40. The molecule has 0 bridgehead atoms. The Hall–Kier alpha value is -1.09. The molecule has 3 nitrogen and oxygen atoms in total. The summed E-state index contributed by atoms with van der Waals surface area (Å²) in [7, 11) is 3.99. The number of rotatable bonds is 3. The average Bonchev–Trinajstić information content (AvgIpc) is 2.17. The van der Waals surface area contributed by atoms with Crippen LogP contribution in [0.3, 0.4) is 0 Å². The van der Waals surface area contributed by atoms with Gasteiger partial charge in [0, 0.05) is 31.3 Å². The second-order valence-electron chi connectivity index (χ2n) is 4.56. The molecule has 0 amide bonds. The lowest BCUT2D eigenvalue weighted by molar-refractivity contribution is 0.120. The highest BCUT2D eigenvalue weighted by Gasteiger charge is 2.40. The van der Waals surface area contributed by atoms with E-state index in [2.05, 4.69) is 11.1 Å². The van der Waals surface area contributed by atoms with Gasteiger partial charge in [0.15, 0.2) is 0 Å². The van der Waals surface area contributed by atoms with E-state index in [0.717, 1.165) is 18.7 Å². The van der Waals surface area contributed by atoms with Crippen LogP contribution in [0.15, 0.2) is 18.3 Å². The molecule has 0 aliphatic heterocycles. The molecular weight excluding hydrogens is 188 g/mol. The van der Waals surface area contributed by atoms with Crippen molar-refractivity contribution in [3.8, 4) is 0 Å². The molecule has 1 N–H and O–H groups in total. The molecule has 0 unspecified atom stereocenters. The van der Waals surface area contributed by atoms with Gasteiger partial charge in [-0.05, 0) is 18.9 Å². The van der Waals surface area contributed by atoms with Crippen LogP contribution in [0.1, 0.15) is 24.8 Å². The van der Waals surface area contributed by atoms with E-state index in [-0.39, 0.29) is 12.0 Å². The number of aromatic nitrogens is 1. The van der Waals surface area contributed by atoms with Crippen molar-refractivity contribution in [2.45, 2.75) is 24.7 Å². The first-order chi connectivity index (χ1) is 7.19. The van der Waals surface area contributed by atoms with Gasteiger partial charge in [0.1, 0.15) is 5.82 Å². The van der Waals surface area contributed by atoms with E-state index in [9.17, 15) is 5.11 Å². The minimum Gasteiger partial charge on any atom is -0.395 e. The minimum atomic E-state index is -0.0200. The number of pyridine rings is 1. The first-order valence-electron chi connectivity index (χ1n) is 5.43. The van der Waals surface area contributed by atoms with Gasteiger partial charge >= 0.3 is 0 Å². The van der Waals surface area contributed by atoms with E-state index in [0.29, 0.717) is 0 Å². The van der Waals surface area contributed by atoms with Gasteiger partial charge < -0.3 is 10.0 Å². The molecule has 1 heterocycles. The van der Waals surface area contributed by atoms with Crippen LogP contribution in [0.2, 0.25) is 0 Å². The summed E-state index contributed by atoms with van der Waals surface area (Å²) in [6.07, 6.45) is 5.18. The third-order valence-corrected chi connectivity index (χ3v) is 3.39. The molecule has 1 fully saturated rings. The van der Waals surface area contributed by atoms with Crippen LogP contribution in [0.5, 0.6) is 0 Å². The standard InChI is InChI=1S/C12H18N2O/c1-14(2)11-10(5-3-8-13-11)12(9-15)6-4-7-12/h3,5,8,15H,4,6-7,9H2,1-2H3. The van der Waals surface area contributed by atoms with Gasteiger partial charge in [-0.1, -0.05) is 12.5 Å². The third kappa shape index (κ3) is 1.61. The van der Waals surface area contributed by atoms with E-state index >= 15 is 0 Å². The van der Waals surface area contributed by atoms with Crippen molar-refractivity contribution < 1.29 is 5.11 Å². The maximum atomic E-state index is 9.55. The first-order valence-corrected chi connectivity index (χ1v) is 5.43. The smallest absolute Gasteiger partial charge is 0.131 e. The maximum Gasteiger partial charge on any atom is 0.131 e. The Balaban J connectivity index is 2.42. The highest BCUT2D eigenvalue weighted by molar-refractivity contribution is 5.50. The van der Waals surface area contributed by atoms with Gasteiger partial charge in [0.05, 0.1) is 6.61 Å². The van der Waals surface area contributed by atoms with Crippen LogP contribution in [0.4, 0.5) is 5.82 Å². The number of hydrogen-bond acceptors (Lipinski definition) is 3. The van der Waals surface area contributed by atoms with Crippen molar-refractivity contribution in [3.05, 3.63) is 23.9 Å². The highest BCUT2D eigenvalue weighted by atomic mass is 16.3. The van der Waals surface area contributed by atoms with Crippen molar-refractivity contribution in [3.63, 3.8) is 0 Å². The fraction of sp³-hybridized carbons (Fsp3) is 0.583. The number of aliphatic hydroxyl groups excluding tert-OH is 1. The Labute approximate surface area is 90.8 Å². The SMILES string of the molecule is CN(C)c1ncccc1C1(CO)CCC1. The third-order valence-electron chi connectivity index (χ3n) is 3.39. The number of anilines is 1. The summed E-state index contributed by atoms with van der Waals surface area (Å²) in [5.41, 5.74) is 1.18. The van der Waals surface area contributed by atoms with Gasteiger partial charge in [0.2, 0.25) is 0 Å². The second kappa shape index (κ2) is 3.81. The summed E-state index contributed by atoms with van der Waals surface area (Å²) in [6.45, 7) is 0.236. The fourth-order valence-corrected chi connectivity index (χ4v) is 2.28. The molecule has 0 saturated heterocycles. The topological polar surface area (TPSA) is 36.4 Å². The van der Waals surface area contributed by atoms with Crippen LogP contribution in [0.25, 0.3) is 0 Å². The van der Waals surface area contributed by atoms with E-state index < -0.39 is 0 Å². The van der Waals surface area contributed by atoms with Crippen LogP contribution >= 0.6 is 0 Å². The molecule has 82 valence electrons. The molecule has 1 aliphatic rings. The Morgan fingerprint density at radius 1 is 1.47 bits per heavy atom. The normalized spacial score (nSPS) is 18.3. The summed E-state index contributed by atoms with van der Waals surface area (Å²) < 4.78 is 0. The zero-order chi connectivity index (χ0) is 10.9. The summed E-state index contributed by atoms with van der Waals surface area (Å²) >= 11 is 0. The van der Waals surface area contributed by atoms with Gasteiger partial charge in [-0.15, -0.1) is 0 Å². The Morgan fingerprint density at radius 2 is 2.20 bits per heavy atom. The lowest BCUT2D eigenvalue weighted by atomic mass is 9.65. The summed E-state index contributed by atoms with van der Waals surface area (Å²) in [5.74, 6) is 0.992. The monoisotopic (exact) mass is 206 g/mol. The summed E-state index contributed by atoms with van der Waals surface area (Å²) in [5, 5.41) is 9.55. The second-order valence-corrected chi connectivity index (χ2v) is 4.56. The van der Waals surface area contributed by atoms with Crippen molar-refractivity contribution in [1.82, 2.24) is 4.98 Å². The predicted molar refractivity (Wildman–Crippen MR) is 61.2 cm³/mol. The van der Waals surface area contributed by atoms with Crippen molar-refractivity contribution >= 4 is 5.82 Å². The average molecular weight is 206 g/mol. The van der Waals surface area contributed by atoms with Crippen LogP contribution in [-0.2, 0) is 5.41 Å². The Morgan fingerprint density at radius 3 is 2.67 bits per heavy atom. The molecule has 0 atom stereocenters. The molecule has 1 aromatic heterocycles. The quantitative estimate of drug-likeness (QED) is 0.815. The zero-order valence-corrected chi connectivity index (χ0v) is 9.40. The number of hydrogen-bond donors (Lipinski definition) is 1. The molecule has 2 rings (SSSR count). The van der Waals surface area contributed by atoms with E-state index in [4.69, 9.17) is 0 Å². The number of aliphatic hydroxyl groups is 1. The molecule has 3 heteroatoms. The molecule has 1 aromatic rings. The van der Waals surface area contributed by atoms with Crippen molar-refractivity contribution in [2.24, 2.45) is 0 Å². The lowest BCUT2D eigenvalue weighted by Crippen LogP contribution is -2.39.